The summed E-state index contributed by atoms with van der Waals surface area (Å²) in [6.45, 7) is 2.44. The molecule has 62 valence electrons. The third-order valence-corrected chi connectivity index (χ3v) is 2.88. The SMILES string of the molecule is N[C@@]1(C(=O)O)CN2CC[C@H]1C2. The molecule has 11 heavy (non-hydrogen) atoms. The third kappa shape index (κ3) is 0.795. The molecule has 4 heteroatoms. The van der Waals surface area contributed by atoms with Gasteiger partial charge in [0.05, 0.1) is 0 Å². The Labute approximate surface area is 65.0 Å². The number of piperidine rings is 1. The number of carbonyl (C=O) groups is 1. The number of nitrogens with two attached hydrogens (primary N) is 1. The molecule has 0 aromatic heterocycles. The minimum absolute atomic E-state index is 0.181. The first-order chi connectivity index (χ1) is 5.13. The van der Waals surface area contributed by atoms with Gasteiger partial charge in [0.25, 0.3) is 0 Å². The van der Waals surface area contributed by atoms with Crippen molar-refractivity contribution in [3.05, 3.63) is 0 Å². The topological polar surface area (TPSA) is 66.6 Å². The Hall–Kier alpha value is -0.610. The van der Waals surface area contributed by atoms with Crippen LogP contribution in [0.2, 0.25) is 0 Å². The quantitative estimate of drug-likeness (QED) is 0.516. The van der Waals surface area contributed by atoms with Crippen molar-refractivity contribution < 1.29 is 9.90 Å². The monoisotopic (exact) mass is 156 g/mol. The molecule has 0 spiro atoms. The van der Waals surface area contributed by atoms with Gasteiger partial charge in [-0.1, -0.05) is 0 Å². The van der Waals surface area contributed by atoms with Gasteiger partial charge in [0, 0.05) is 19.0 Å². The minimum atomic E-state index is -0.946. The molecule has 2 aliphatic rings. The lowest BCUT2D eigenvalue weighted by atomic mass is 9.85. The highest BCUT2D eigenvalue weighted by molar-refractivity contribution is 5.80. The molecule has 2 bridgehead atoms. The molecule has 1 unspecified atom stereocenters. The van der Waals surface area contributed by atoms with Crippen molar-refractivity contribution in [1.29, 1.82) is 0 Å². The van der Waals surface area contributed by atoms with Crippen molar-refractivity contribution in [3.63, 3.8) is 0 Å². The van der Waals surface area contributed by atoms with Crippen LogP contribution in [0.25, 0.3) is 0 Å². The highest BCUT2D eigenvalue weighted by Gasteiger charge is 2.52. The Kier molecular flexibility index (Phi) is 1.25. The maximum atomic E-state index is 10.8. The van der Waals surface area contributed by atoms with Crippen LogP contribution in [0.1, 0.15) is 6.42 Å². The summed E-state index contributed by atoms with van der Waals surface area (Å²) in [4.78, 5) is 12.9. The van der Waals surface area contributed by atoms with E-state index >= 15 is 0 Å². The van der Waals surface area contributed by atoms with E-state index in [1.54, 1.807) is 0 Å². The molecule has 2 saturated heterocycles. The van der Waals surface area contributed by atoms with E-state index in [0.717, 1.165) is 19.5 Å². The van der Waals surface area contributed by atoms with Gasteiger partial charge >= 0.3 is 5.97 Å². The fraction of sp³-hybridized carbons (Fsp3) is 0.857. The van der Waals surface area contributed by atoms with Gasteiger partial charge < -0.3 is 15.7 Å². The second kappa shape index (κ2) is 1.95. The third-order valence-electron chi connectivity index (χ3n) is 2.88. The van der Waals surface area contributed by atoms with Gasteiger partial charge in [-0.2, -0.15) is 0 Å². The molecule has 0 amide bonds. The lowest BCUT2D eigenvalue weighted by Crippen LogP contribution is -2.56. The van der Waals surface area contributed by atoms with Crippen LogP contribution in [0, 0.1) is 5.92 Å². The molecule has 0 aromatic carbocycles. The van der Waals surface area contributed by atoms with Gasteiger partial charge in [-0.25, -0.2) is 0 Å². The molecular weight excluding hydrogens is 144 g/mol. The second-order valence-corrected chi connectivity index (χ2v) is 3.57. The number of carboxylic acids is 1. The van der Waals surface area contributed by atoms with Gasteiger partial charge in [0.2, 0.25) is 0 Å². The summed E-state index contributed by atoms with van der Waals surface area (Å²) in [6, 6.07) is 0. The summed E-state index contributed by atoms with van der Waals surface area (Å²) in [5.74, 6) is -0.662. The first-order valence-corrected chi connectivity index (χ1v) is 3.87. The van der Waals surface area contributed by atoms with Crippen LogP contribution in [0.5, 0.6) is 0 Å². The summed E-state index contributed by atoms with van der Waals surface area (Å²) < 4.78 is 0. The fourth-order valence-electron chi connectivity index (χ4n) is 2.14. The highest BCUT2D eigenvalue weighted by atomic mass is 16.4. The van der Waals surface area contributed by atoms with E-state index in [1.807, 2.05) is 0 Å². The Morgan fingerprint density at radius 2 is 2.45 bits per heavy atom. The molecule has 2 rings (SSSR count). The summed E-state index contributed by atoms with van der Waals surface area (Å²) >= 11 is 0. The molecular formula is C7H12N2O2. The van der Waals surface area contributed by atoms with Crippen molar-refractivity contribution in [2.24, 2.45) is 11.7 Å². The van der Waals surface area contributed by atoms with E-state index in [9.17, 15) is 4.79 Å². The van der Waals surface area contributed by atoms with E-state index in [1.165, 1.54) is 0 Å². The number of aliphatic carboxylic acids is 1. The van der Waals surface area contributed by atoms with Crippen molar-refractivity contribution in [2.75, 3.05) is 19.6 Å². The van der Waals surface area contributed by atoms with E-state index in [-0.39, 0.29) is 5.92 Å². The fourth-order valence-corrected chi connectivity index (χ4v) is 2.14. The molecule has 4 nitrogen and oxygen atoms in total. The summed E-state index contributed by atoms with van der Waals surface area (Å²) in [5, 5.41) is 8.84. The zero-order chi connectivity index (χ0) is 8.06. The summed E-state index contributed by atoms with van der Waals surface area (Å²) in [7, 11) is 0. The highest BCUT2D eigenvalue weighted by Crippen LogP contribution is 2.34. The van der Waals surface area contributed by atoms with Gasteiger partial charge in [-0.15, -0.1) is 0 Å². The molecule has 3 atom stereocenters. The number of hydrogen-bond acceptors (Lipinski definition) is 3. The smallest absolute Gasteiger partial charge is 0.325 e. The molecule has 0 aliphatic carbocycles. The Morgan fingerprint density at radius 1 is 1.73 bits per heavy atom. The van der Waals surface area contributed by atoms with E-state index in [4.69, 9.17) is 10.8 Å². The maximum Gasteiger partial charge on any atom is 0.325 e. The molecule has 2 aliphatic heterocycles. The first kappa shape index (κ1) is 7.06. The Morgan fingerprint density at radius 3 is 2.73 bits per heavy atom. The molecule has 2 fully saturated rings. The molecule has 0 saturated carbocycles. The zero-order valence-corrected chi connectivity index (χ0v) is 6.29. The van der Waals surface area contributed by atoms with Crippen LogP contribution in [-0.4, -0.2) is 41.1 Å². The normalized spacial score (nSPS) is 48.1. The molecule has 2 heterocycles. The van der Waals surface area contributed by atoms with Crippen LogP contribution in [0.15, 0.2) is 0 Å². The molecule has 3 N–H and O–H groups in total. The average molecular weight is 156 g/mol. The summed E-state index contributed by atoms with van der Waals surface area (Å²) in [5.41, 5.74) is 4.80. The maximum absolute atomic E-state index is 10.8. The van der Waals surface area contributed by atoms with E-state index < -0.39 is 11.5 Å². The van der Waals surface area contributed by atoms with Crippen molar-refractivity contribution in [2.45, 2.75) is 12.0 Å². The number of rotatable bonds is 1. The van der Waals surface area contributed by atoms with Gasteiger partial charge in [0.1, 0.15) is 5.54 Å². The number of nitrogens with zero attached hydrogens (tertiary/aromatic N) is 1. The first-order valence-electron chi connectivity index (χ1n) is 3.87. The number of carboxylic acid groups (broad SMARTS) is 1. The van der Waals surface area contributed by atoms with Crippen LogP contribution in [0.4, 0.5) is 0 Å². The van der Waals surface area contributed by atoms with Crippen molar-refractivity contribution in [3.8, 4) is 0 Å². The van der Waals surface area contributed by atoms with Gasteiger partial charge in [-0.3, -0.25) is 4.79 Å². The predicted octanol–water partition coefficient (Wildman–Crippen LogP) is -0.896. The summed E-state index contributed by atoms with van der Waals surface area (Å²) in [6.07, 6.45) is 0.947. The lowest BCUT2D eigenvalue weighted by Gasteiger charge is -2.28. The Balaban J connectivity index is 2.23. The van der Waals surface area contributed by atoms with E-state index in [2.05, 4.69) is 4.90 Å². The molecule has 0 radical (unpaired) electrons. The van der Waals surface area contributed by atoms with Crippen LogP contribution in [0.3, 0.4) is 0 Å². The van der Waals surface area contributed by atoms with Crippen molar-refractivity contribution >= 4 is 5.97 Å². The largest absolute Gasteiger partial charge is 0.480 e. The second-order valence-electron chi connectivity index (χ2n) is 3.57. The Bertz CT molecular complexity index is 207. The van der Waals surface area contributed by atoms with Crippen molar-refractivity contribution in [1.82, 2.24) is 4.90 Å². The number of fused-ring (bicyclic) bond motifs is 2. The van der Waals surface area contributed by atoms with E-state index in [0.29, 0.717) is 6.54 Å². The standard InChI is InChI=1S/C7H12N2O2/c8-7(6(10)11)4-9-2-1-5(7)3-9/h5H,1-4,8H2,(H,10,11)/t5-,7-/m0/s1. The van der Waals surface area contributed by atoms with Crippen LogP contribution in [-0.2, 0) is 4.79 Å². The predicted molar refractivity (Wildman–Crippen MR) is 39.1 cm³/mol. The van der Waals surface area contributed by atoms with Crippen LogP contribution >= 0.6 is 0 Å². The zero-order valence-electron chi connectivity index (χ0n) is 6.29. The van der Waals surface area contributed by atoms with Gasteiger partial charge in [0.15, 0.2) is 0 Å². The average Bonchev–Trinajstić information content (AvgIpc) is 2.45. The molecule has 0 aromatic rings. The lowest BCUT2D eigenvalue weighted by molar-refractivity contribution is -0.144. The number of hydrogen-bond donors (Lipinski definition) is 2. The van der Waals surface area contributed by atoms with Crippen LogP contribution < -0.4 is 5.73 Å². The minimum Gasteiger partial charge on any atom is -0.480 e. The van der Waals surface area contributed by atoms with Gasteiger partial charge in [-0.05, 0) is 13.0 Å².